The lowest BCUT2D eigenvalue weighted by Gasteiger charge is -2.62. The summed E-state index contributed by atoms with van der Waals surface area (Å²) in [4.78, 5) is 10.6. The highest BCUT2D eigenvalue weighted by molar-refractivity contribution is 5.66. The number of rotatable bonds is 11. The topological polar surface area (TPSA) is 66.8 Å². The molecule has 5 heteroatoms. The van der Waals surface area contributed by atoms with Crippen molar-refractivity contribution in [2.24, 2.45) is 29.1 Å². The molecule has 3 fully saturated rings. The number of carbonyl (C=O) groups is 1. The number of carboxylic acids is 1. The summed E-state index contributed by atoms with van der Waals surface area (Å²) < 4.78 is 18.6. The molecule has 3 saturated carbocycles. The minimum atomic E-state index is -0.741. The Kier molecular flexibility index (Phi) is 7.93. The van der Waals surface area contributed by atoms with Crippen LogP contribution < -0.4 is 4.74 Å². The van der Waals surface area contributed by atoms with Gasteiger partial charge in [-0.15, -0.1) is 0 Å². The minimum Gasteiger partial charge on any atom is -0.491 e. The molecule has 0 unspecified atom stereocenters. The van der Waals surface area contributed by atoms with Crippen LogP contribution in [-0.2, 0) is 4.79 Å². The molecule has 2 bridgehead atoms. The highest BCUT2D eigenvalue weighted by Crippen LogP contribution is 2.63. The van der Waals surface area contributed by atoms with E-state index in [1.165, 1.54) is 25.0 Å². The van der Waals surface area contributed by atoms with Crippen LogP contribution in [0.4, 0.5) is 4.39 Å². The van der Waals surface area contributed by atoms with E-state index in [1.807, 2.05) is 6.08 Å². The predicted octanol–water partition coefficient (Wildman–Crippen LogP) is 5.62. The van der Waals surface area contributed by atoms with Crippen molar-refractivity contribution < 1.29 is 24.1 Å². The third-order valence-corrected chi connectivity index (χ3v) is 7.30. The molecular weight excluding hydrogens is 395 g/mol. The summed E-state index contributed by atoms with van der Waals surface area (Å²) in [6, 6.07) is 5.80. The van der Waals surface area contributed by atoms with Crippen LogP contribution >= 0.6 is 0 Å². The Morgan fingerprint density at radius 2 is 2.00 bits per heavy atom. The third kappa shape index (κ3) is 6.19. The number of unbranched alkanes of at least 4 members (excludes halogenated alkanes) is 1. The van der Waals surface area contributed by atoms with E-state index in [9.17, 15) is 14.3 Å². The maximum Gasteiger partial charge on any atom is 0.303 e. The maximum atomic E-state index is 13.0. The second kappa shape index (κ2) is 10.4. The van der Waals surface area contributed by atoms with E-state index in [0.29, 0.717) is 35.3 Å². The number of aliphatic hydroxyl groups excluding tert-OH is 1. The predicted molar refractivity (Wildman–Crippen MR) is 119 cm³/mol. The van der Waals surface area contributed by atoms with Crippen LogP contribution in [0.15, 0.2) is 48.6 Å². The maximum absolute atomic E-state index is 13.0. The van der Waals surface area contributed by atoms with Crippen LogP contribution in [0.5, 0.6) is 5.75 Å². The van der Waals surface area contributed by atoms with Crippen molar-refractivity contribution in [3.8, 4) is 5.75 Å². The van der Waals surface area contributed by atoms with Gasteiger partial charge in [-0.3, -0.25) is 4.79 Å². The van der Waals surface area contributed by atoms with E-state index in [1.54, 1.807) is 12.1 Å². The summed E-state index contributed by atoms with van der Waals surface area (Å²) in [5, 5.41) is 19.1. The molecule has 4 nitrogen and oxygen atoms in total. The van der Waals surface area contributed by atoms with E-state index in [4.69, 9.17) is 9.84 Å². The summed E-state index contributed by atoms with van der Waals surface area (Å²) >= 11 is 0. The molecule has 1 aromatic rings. The van der Waals surface area contributed by atoms with Gasteiger partial charge in [0, 0.05) is 6.42 Å². The zero-order chi connectivity index (χ0) is 22.4. The smallest absolute Gasteiger partial charge is 0.303 e. The van der Waals surface area contributed by atoms with Crippen molar-refractivity contribution >= 4 is 5.97 Å². The quantitative estimate of drug-likeness (QED) is 0.353. The van der Waals surface area contributed by atoms with Crippen molar-refractivity contribution in [3.63, 3.8) is 0 Å². The van der Waals surface area contributed by atoms with Gasteiger partial charge in [0.1, 0.15) is 24.3 Å². The highest BCUT2D eigenvalue weighted by Gasteiger charge is 2.56. The number of aliphatic hydroxyl groups is 1. The fraction of sp³-hybridized carbons (Fsp3) is 0.577. The van der Waals surface area contributed by atoms with Crippen LogP contribution in [-0.4, -0.2) is 28.9 Å². The van der Waals surface area contributed by atoms with Gasteiger partial charge in [-0.1, -0.05) is 38.2 Å². The van der Waals surface area contributed by atoms with Crippen molar-refractivity contribution in [3.05, 3.63) is 54.4 Å². The molecule has 3 aliphatic rings. The van der Waals surface area contributed by atoms with Crippen LogP contribution in [0.2, 0.25) is 0 Å². The first-order chi connectivity index (χ1) is 14.8. The number of halogens is 1. The molecule has 5 atom stereocenters. The molecule has 0 spiro atoms. The van der Waals surface area contributed by atoms with Crippen LogP contribution in [0.1, 0.15) is 52.4 Å². The van der Waals surface area contributed by atoms with E-state index < -0.39 is 12.1 Å². The Morgan fingerprint density at radius 3 is 2.68 bits per heavy atom. The largest absolute Gasteiger partial charge is 0.491 e. The number of aliphatic carboxylic acids is 1. The molecular formula is C26H35FO4. The van der Waals surface area contributed by atoms with Gasteiger partial charge in [-0.25, -0.2) is 4.39 Å². The number of benzene rings is 1. The molecule has 170 valence electrons. The Balaban J connectivity index is 1.53. The van der Waals surface area contributed by atoms with E-state index in [2.05, 4.69) is 32.1 Å². The number of allylic oxidation sites excluding steroid dienone is 3. The zero-order valence-electron chi connectivity index (χ0n) is 18.5. The average Bonchev–Trinajstić information content (AvgIpc) is 2.74. The van der Waals surface area contributed by atoms with Gasteiger partial charge in [0.05, 0.1) is 0 Å². The fourth-order valence-electron chi connectivity index (χ4n) is 5.29. The second-order valence-corrected chi connectivity index (χ2v) is 9.64. The van der Waals surface area contributed by atoms with Crippen LogP contribution in [0, 0.1) is 34.9 Å². The lowest BCUT2D eigenvalue weighted by atomic mass is 9.43. The molecule has 3 aliphatic carbocycles. The first-order valence-corrected chi connectivity index (χ1v) is 11.4. The first kappa shape index (κ1) is 23.5. The average molecular weight is 431 g/mol. The Morgan fingerprint density at radius 1 is 1.26 bits per heavy atom. The van der Waals surface area contributed by atoms with Crippen molar-refractivity contribution in [1.29, 1.82) is 0 Å². The van der Waals surface area contributed by atoms with E-state index in [0.717, 1.165) is 18.8 Å². The van der Waals surface area contributed by atoms with E-state index >= 15 is 0 Å². The Labute approximate surface area is 184 Å². The molecule has 0 aliphatic heterocycles. The van der Waals surface area contributed by atoms with Gasteiger partial charge in [0.15, 0.2) is 0 Å². The first-order valence-electron chi connectivity index (χ1n) is 11.4. The molecule has 0 radical (unpaired) electrons. The Hall–Kier alpha value is -2.14. The van der Waals surface area contributed by atoms with Gasteiger partial charge in [-0.2, -0.15) is 0 Å². The third-order valence-electron chi connectivity index (χ3n) is 7.30. The van der Waals surface area contributed by atoms with Gasteiger partial charge < -0.3 is 14.9 Å². The van der Waals surface area contributed by atoms with Crippen molar-refractivity contribution in [2.75, 3.05) is 6.61 Å². The summed E-state index contributed by atoms with van der Waals surface area (Å²) in [7, 11) is 0. The van der Waals surface area contributed by atoms with Gasteiger partial charge in [-0.05, 0) is 85.5 Å². The number of ether oxygens (including phenoxy) is 1. The molecule has 0 saturated heterocycles. The summed E-state index contributed by atoms with van der Waals surface area (Å²) in [6.07, 6.45) is 12.8. The lowest BCUT2D eigenvalue weighted by molar-refractivity contribution is -0.137. The molecule has 0 amide bonds. The molecule has 0 aromatic heterocycles. The van der Waals surface area contributed by atoms with Gasteiger partial charge in [0.2, 0.25) is 0 Å². The SMILES string of the molecule is CC1(C)[C@H]2C[C@H](C/C=C\CCCC(=O)O)[C@@H](/C=C/[C@@H](O)COc3ccc(F)cc3)[C@@H]1C2. The lowest BCUT2D eigenvalue weighted by Crippen LogP contribution is -2.55. The summed E-state index contributed by atoms with van der Waals surface area (Å²) in [5.74, 6) is 1.85. The normalized spacial score (nSPS) is 27.9. The van der Waals surface area contributed by atoms with Crippen LogP contribution in [0.3, 0.4) is 0 Å². The fourth-order valence-corrected chi connectivity index (χ4v) is 5.29. The molecule has 2 N–H and O–H groups in total. The van der Waals surface area contributed by atoms with E-state index in [-0.39, 0.29) is 18.8 Å². The molecule has 31 heavy (non-hydrogen) atoms. The number of fused-ring (bicyclic) bond motifs is 2. The number of hydrogen-bond donors (Lipinski definition) is 2. The number of carboxylic acid groups (broad SMARTS) is 1. The summed E-state index contributed by atoms with van der Waals surface area (Å²) in [6.45, 7) is 4.86. The van der Waals surface area contributed by atoms with Crippen molar-refractivity contribution in [2.45, 2.75) is 58.5 Å². The summed E-state index contributed by atoms with van der Waals surface area (Å²) in [5.41, 5.74) is 0.340. The standard InChI is InChI=1S/C26H35FO4/c1-26(2)19-15-18(7-5-3-4-6-8-25(29)30)23(24(26)16-19)14-11-21(28)17-31-22-12-9-20(27)10-13-22/h3,5,9-14,18-19,21,23-24,28H,4,6-8,15-17H2,1-2H3,(H,29,30)/b5-3-,14-11+/t18-,19-,21+,23+,24-/m0/s1. The monoisotopic (exact) mass is 430 g/mol. The Bertz CT molecular complexity index is 783. The van der Waals surface area contributed by atoms with Gasteiger partial charge >= 0.3 is 5.97 Å². The molecule has 1 aromatic carbocycles. The highest BCUT2D eigenvalue weighted by atomic mass is 19.1. The van der Waals surface area contributed by atoms with Crippen molar-refractivity contribution in [1.82, 2.24) is 0 Å². The minimum absolute atomic E-state index is 0.139. The van der Waals surface area contributed by atoms with Crippen LogP contribution in [0.25, 0.3) is 0 Å². The molecule has 0 heterocycles. The zero-order valence-corrected chi connectivity index (χ0v) is 18.5. The second-order valence-electron chi connectivity index (χ2n) is 9.64. The van der Waals surface area contributed by atoms with Gasteiger partial charge in [0.25, 0.3) is 0 Å². The number of hydrogen-bond acceptors (Lipinski definition) is 3. The molecule has 4 rings (SSSR count).